The van der Waals surface area contributed by atoms with Crippen molar-refractivity contribution in [3.8, 4) is 0 Å². The van der Waals surface area contributed by atoms with Crippen molar-refractivity contribution in [2.45, 2.75) is 58.1 Å². The van der Waals surface area contributed by atoms with E-state index in [9.17, 15) is 27.6 Å². The fraction of sp³-hybridized carbons (Fsp3) is 0.333. The summed E-state index contributed by atoms with van der Waals surface area (Å²) in [4.78, 5) is 46.6. The van der Waals surface area contributed by atoms with Gasteiger partial charge in [0.2, 0.25) is 0 Å². The number of nitrogens with zero attached hydrogens (tertiary/aromatic N) is 6. The molecule has 0 fully saturated rings. The topological polar surface area (TPSA) is 114 Å². The molecular formula is C27H27F3N6O4S. The van der Waals surface area contributed by atoms with Gasteiger partial charge in [-0.15, -0.1) is 0 Å². The molecule has 2 aromatic carbocycles. The molecule has 0 aliphatic heterocycles. The zero-order chi connectivity index (χ0) is 29.9. The van der Waals surface area contributed by atoms with E-state index in [2.05, 4.69) is 15.1 Å². The number of halogens is 3. The van der Waals surface area contributed by atoms with Crippen LogP contribution in [0.4, 0.5) is 13.2 Å². The number of hydrogen-bond acceptors (Lipinski definition) is 8. The van der Waals surface area contributed by atoms with E-state index in [1.165, 1.54) is 11.0 Å². The first-order chi connectivity index (χ1) is 19.3. The average molecular weight is 589 g/mol. The summed E-state index contributed by atoms with van der Waals surface area (Å²) < 4.78 is 50.2. The number of carbonyl (C=O) groups excluding carboxylic acids is 1. The molecule has 10 nitrogen and oxygen atoms in total. The van der Waals surface area contributed by atoms with Gasteiger partial charge in [0.05, 0.1) is 25.2 Å². The minimum absolute atomic E-state index is 0.00578. The Morgan fingerprint density at radius 3 is 2.41 bits per heavy atom. The first-order valence-electron chi connectivity index (χ1n) is 12.5. The van der Waals surface area contributed by atoms with Crippen LogP contribution in [0.15, 0.2) is 57.5 Å². The van der Waals surface area contributed by atoms with Crippen molar-refractivity contribution in [3.63, 3.8) is 0 Å². The van der Waals surface area contributed by atoms with Gasteiger partial charge < -0.3 is 4.74 Å². The molecule has 41 heavy (non-hydrogen) atoms. The Balaban J connectivity index is 1.59. The quantitative estimate of drug-likeness (QED) is 0.166. The summed E-state index contributed by atoms with van der Waals surface area (Å²) in [5.41, 5.74) is -1.53. The minimum Gasteiger partial charge on any atom is -0.456 e. The average Bonchev–Trinajstić information content (AvgIpc) is 3.33. The summed E-state index contributed by atoms with van der Waals surface area (Å²) in [6.45, 7) is 6.52. The van der Waals surface area contributed by atoms with Crippen LogP contribution in [-0.2, 0) is 24.4 Å². The lowest BCUT2D eigenvalue weighted by molar-refractivity contribution is 0.00693. The zero-order valence-corrected chi connectivity index (χ0v) is 23.5. The smallest absolute Gasteiger partial charge is 0.354 e. The normalized spacial score (nSPS) is 11.6. The van der Waals surface area contributed by atoms with Crippen LogP contribution in [-0.4, -0.2) is 46.2 Å². The van der Waals surface area contributed by atoms with E-state index in [1.807, 2.05) is 0 Å². The van der Waals surface area contributed by atoms with Crippen LogP contribution < -0.4 is 11.4 Å². The van der Waals surface area contributed by atoms with E-state index < -0.39 is 46.9 Å². The Hall–Kier alpha value is -4.20. The van der Waals surface area contributed by atoms with Gasteiger partial charge in [-0.2, -0.15) is 10.1 Å². The maximum atomic E-state index is 14.3. The second-order valence-electron chi connectivity index (χ2n) is 9.98. The highest BCUT2D eigenvalue weighted by Gasteiger charge is 2.20. The van der Waals surface area contributed by atoms with Crippen molar-refractivity contribution in [3.05, 3.63) is 104 Å². The van der Waals surface area contributed by atoms with Crippen LogP contribution in [0.2, 0.25) is 0 Å². The van der Waals surface area contributed by atoms with Gasteiger partial charge in [-0.25, -0.2) is 41.8 Å². The number of benzene rings is 2. The van der Waals surface area contributed by atoms with E-state index >= 15 is 0 Å². The van der Waals surface area contributed by atoms with E-state index in [4.69, 9.17) is 4.74 Å². The summed E-state index contributed by atoms with van der Waals surface area (Å²) >= 11 is 1.07. The lowest BCUT2D eigenvalue weighted by Gasteiger charge is -2.19. The molecular weight excluding hydrogens is 561 g/mol. The lowest BCUT2D eigenvalue weighted by Crippen LogP contribution is -2.43. The van der Waals surface area contributed by atoms with Crippen LogP contribution in [0, 0.1) is 17.5 Å². The monoisotopic (exact) mass is 588 g/mol. The molecule has 4 aromatic rings. The molecule has 216 valence electrons. The third-order valence-electron chi connectivity index (χ3n) is 5.60. The number of ether oxygens (including phenoxy) is 1. The van der Waals surface area contributed by atoms with Gasteiger partial charge in [0.25, 0.3) is 0 Å². The van der Waals surface area contributed by atoms with Crippen molar-refractivity contribution in [2.75, 3.05) is 5.75 Å². The second kappa shape index (κ2) is 12.1. The summed E-state index contributed by atoms with van der Waals surface area (Å²) in [6, 6.07) is 7.88. The number of hydrogen-bond donors (Lipinski definition) is 0. The molecule has 2 aromatic heterocycles. The molecule has 0 unspecified atom stereocenters. The lowest BCUT2D eigenvalue weighted by atomic mass is 10.1. The highest BCUT2D eigenvalue weighted by atomic mass is 32.2. The third kappa shape index (κ3) is 7.31. The highest BCUT2D eigenvalue weighted by molar-refractivity contribution is 7.99. The molecule has 0 atom stereocenters. The van der Waals surface area contributed by atoms with Crippen LogP contribution in [0.3, 0.4) is 0 Å². The molecule has 14 heteroatoms. The van der Waals surface area contributed by atoms with Gasteiger partial charge in [-0.1, -0.05) is 30.8 Å². The van der Waals surface area contributed by atoms with E-state index in [0.29, 0.717) is 23.4 Å². The largest absolute Gasteiger partial charge is 0.456 e. The van der Waals surface area contributed by atoms with Gasteiger partial charge in [0.15, 0.2) is 22.6 Å². The van der Waals surface area contributed by atoms with E-state index in [1.54, 1.807) is 52.0 Å². The molecule has 0 aliphatic rings. The number of carbonyl (C=O) groups is 1. The Kier molecular flexibility index (Phi) is 8.80. The SMILES string of the molecule is CCSc1nc(=O)n(Cc2ncn(Cc3cccc(C(=O)OC(C)(C)C)c3)n2)c(=O)n1Cc1cc(F)c(F)cc1F. The molecule has 0 spiro atoms. The van der Waals surface area contributed by atoms with E-state index in [0.717, 1.165) is 26.5 Å². The van der Waals surface area contributed by atoms with Gasteiger partial charge >= 0.3 is 17.3 Å². The molecule has 0 amide bonds. The van der Waals surface area contributed by atoms with Gasteiger partial charge in [0, 0.05) is 11.6 Å². The maximum Gasteiger partial charge on any atom is 0.354 e. The minimum atomic E-state index is -1.36. The Morgan fingerprint density at radius 1 is 0.976 bits per heavy atom. The van der Waals surface area contributed by atoms with Crippen molar-refractivity contribution in [2.24, 2.45) is 0 Å². The molecule has 0 radical (unpaired) electrons. The summed E-state index contributed by atoms with van der Waals surface area (Å²) in [5.74, 6) is -3.57. The van der Waals surface area contributed by atoms with Crippen molar-refractivity contribution < 1.29 is 22.7 Å². The van der Waals surface area contributed by atoms with Gasteiger partial charge in [-0.3, -0.25) is 4.57 Å². The molecule has 0 saturated carbocycles. The summed E-state index contributed by atoms with van der Waals surface area (Å²) in [7, 11) is 0. The molecule has 0 N–H and O–H groups in total. The Morgan fingerprint density at radius 2 is 1.71 bits per heavy atom. The molecule has 2 heterocycles. The fourth-order valence-electron chi connectivity index (χ4n) is 3.82. The summed E-state index contributed by atoms with van der Waals surface area (Å²) in [6.07, 6.45) is 1.41. The molecule has 0 aliphatic carbocycles. The fourth-order valence-corrected chi connectivity index (χ4v) is 4.52. The Labute approximate surface area is 236 Å². The first-order valence-corrected chi connectivity index (χ1v) is 13.5. The van der Waals surface area contributed by atoms with Crippen LogP contribution in [0.1, 0.15) is 55.0 Å². The molecule has 0 bridgehead atoms. The van der Waals surface area contributed by atoms with E-state index in [-0.39, 0.29) is 29.6 Å². The highest BCUT2D eigenvalue weighted by Crippen LogP contribution is 2.18. The van der Waals surface area contributed by atoms with Gasteiger partial charge in [-0.05, 0) is 50.3 Å². The number of rotatable bonds is 9. The number of esters is 1. The number of aromatic nitrogens is 6. The first kappa shape index (κ1) is 29.8. The van der Waals surface area contributed by atoms with Crippen molar-refractivity contribution in [1.29, 1.82) is 0 Å². The van der Waals surface area contributed by atoms with Crippen molar-refractivity contribution >= 4 is 17.7 Å². The van der Waals surface area contributed by atoms with Crippen LogP contribution in [0.5, 0.6) is 0 Å². The molecule has 4 rings (SSSR count). The van der Waals surface area contributed by atoms with Crippen LogP contribution in [0.25, 0.3) is 0 Å². The van der Waals surface area contributed by atoms with Crippen LogP contribution >= 0.6 is 11.8 Å². The van der Waals surface area contributed by atoms with Crippen molar-refractivity contribution in [1.82, 2.24) is 28.9 Å². The maximum absolute atomic E-state index is 14.3. The summed E-state index contributed by atoms with van der Waals surface area (Å²) in [5, 5.41) is 4.33. The zero-order valence-electron chi connectivity index (χ0n) is 22.7. The second-order valence-corrected chi connectivity index (χ2v) is 11.2. The van der Waals surface area contributed by atoms with Gasteiger partial charge in [0.1, 0.15) is 17.7 Å². The predicted molar refractivity (Wildman–Crippen MR) is 144 cm³/mol. The third-order valence-corrected chi connectivity index (χ3v) is 6.45. The molecule has 0 saturated heterocycles. The predicted octanol–water partition coefficient (Wildman–Crippen LogP) is 3.63. The Bertz CT molecular complexity index is 1710. The standard InChI is InChI=1S/C27H27F3N6O4S/c1-5-41-25-32-24(38)35(26(39)36(25)13-18-10-20(29)21(30)11-19(18)28)14-22-31-15-34(33-22)12-16-7-6-8-17(9-16)23(37)40-27(2,3)4/h6-11,15H,5,12-14H2,1-4H3. The number of thioether (sulfide) groups is 1.